The topological polar surface area (TPSA) is 76.5 Å². The Morgan fingerprint density at radius 2 is 2.05 bits per heavy atom. The van der Waals surface area contributed by atoms with Crippen LogP contribution in [0, 0.1) is 0 Å². The van der Waals surface area contributed by atoms with Crippen LogP contribution in [0.5, 0.6) is 0 Å². The minimum Gasteiger partial charge on any atom is -0.476 e. The molecule has 0 aliphatic rings. The number of hydrogen-bond donors (Lipinski definition) is 1. The van der Waals surface area contributed by atoms with Crippen LogP contribution >= 0.6 is 11.3 Å². The largest absolute Gasteiger partial charge is 0.476 e. The van der Waals surface area contributed by atoms with E-state index in [0.717, 1.165) is 11.3 Å². The average molecular weight is 297 g/mol. The second kappa shape index (κ2) is 6.11. The van der Waals surface area contributed by atoms with Crippen molar-refractivity contribution in [2.45, 2.75) is 19.5 Å². The molecule has 1 heterocycles. The summed E-state index contributed by atoms with van der Waals surface area (Å²) in [6.45, 7) is -0.420. The number of alkyl halides is 3. The summed E-state index contributed by atoms with van der Waals surface area (Å²) >= 11 is 0.851. The van der Waals surface area contributed by atoms with E-state index >= 15 is 0 Å². The first-order valence-corrected chi connectivity index (χ1v) is 5.91. The number of carboxylic acid groups (broad SMARTS) is 1. The summed E-state index contributed by atoms with van der Waals surface area (Å²) in [5, 5.41) is 9.07. The lowest BCUT2D eigenvalue weighted by Gasteiger charge is -2.05. The summed E-state index contributed by atoms with van der Waals surface area (Å²) in [6, 6.07) is 0. The molecule has 0 aliphatic heterocycles. The number of thiazole rings is 1. The second-order valence-corrected chi connectivity index (χ2v) is 4.65. The van der Waals surface area contributed by atoms with Crippen LogP contribution in [-0.2, 0) is 11.2 Å². The molecule has 0 atom stereocenters. The first-order chi connectivity index (χ1) is 8.70. The third-order valence-electron chi connectivity index (χ3n) is 1.92. The van der Waals surface area contributed by atoms with Crippen LogP contribution < -0.4 is 0 Å². The molecule has 1 aromatic rings. The summed E-state index contributed by atoms with van der Waals surface area (Å²) in [6.07, 6.45) is -4.38. The summed E-state index contributed by atoms with van der Waals surface area (Å²) < 4.78 is 39.8. The summed E-state index contributed by atoms with van der Waals surface area (Å²) in [7, 11) is 0. The number of rotatable bonds is 6. The van der Waals surface area contributed by atoms with Gasteiger partial charge in [-0.2, -0.15) is 13.2 Å². The standard InChI is InChI=1S/C10H10F3NO4S/c1-5(15)8-7(9(16)17)14-6(19-8)2-3-18-4-10(11,12)13/h2-4H2,1H3,(H,16,17). The molecule has 0 fully saturated rings. The number of nitrogens with zero attached hydrogens (tertiary/aromatic N) is 1. The van der Waals surface area contributed by atoms with Gasteiger partial charge in [0.05, 0.1) is 11.6 Å². The molecule has 0 bridgehead atoms. The lowest BCUT2D eigenvalue weighted by atomic mass is 10.3. The fourth-order valence-corrected chi connectivity index (χ4v) is 2.13. The minimum absolute atomic E-state index is 0.0154. The van der Waals surface area contributed by atoms with Gasteiger partial charge in [0, 0.05) is 13.3 Å². The Hall–Kier alpha value is -1.48. The highest BCUT2D eigenvalue weighted by Gasteiger charge is 2.27. The predicted molar refractivity (Wildman–Crippen MR) is 59.7 cm³/mol. The Morgan fingerprint density at radius 1 is 1.42 bits per heavy atom. The van der Waals surface area contributed by atoms with Crippen molar-refractivity contribution >= 4 is 23.1 Å². The number of carbonyl (C=O) groups is 2. The van der Waals surface area contributed by atoms with Gasteiger partial charge in [-0.3, -0.25) is 4.79 Å². The number of ketones is 1. The predicted octanol–water partition coefficient (Wildman–Crippen LogP) is 2.17. The molecule has 1 aromatic heterocycles. The summed E-state index contributed by atoms with van der Waals surface area (Å²) in [5.41, 5.74) is -0.372. The monoisotopic (exact) mass is 297 g/mol. The molecule has 0 spiro atoms. The van der Waals surface area contributed by atoms with Crippen LogP contribution in [-0.4, -0.2) is 41.2 Å². The highest BCUT2D eigenvalue weighted by atomic mass is 32.1. The Kier molecular flexibility index (Phi) is 5.01. The Bertz CT molecular complexity index is 452. The van der Waals surface area contributed by atoms with E-state index < -0.39 is 24.5 Å². The first kappa shape index (κ1) is 15.6. The maximum Gasteiger partial charge on any atom is 0.411 e. The lowest BCUT2D eigenvalue weighted by Crippen LogP contribution is -2.17. The number of carbonyl (C=O) groups excluding carboxylic acids is 1. The third-order valence-corrected chi connectivity index (χ3v) is 3.14. The van der Waals surface area contributed by atoms with E-state index in [2.05, 4.69) is 9.72 Å². The van der Waals surface area contributed by atoms with Crippen LogP contribution in [0.15, 0.2) is 0 Å². The first-order valence-electron chi connectivity index (χ1n) is 5.09. The van der Waals surface area contributed by atoms with E-state index in [-0.39, 0.29) is 28.6 Å². The highest BCUT2D eigenvalue weighted by molar-refractivity contribution is 7.14. The maximum absolute atomic E-state index is 11.8. The third kappa shape index (κ3) is 4.95. The Balaban J connectivity index is 2.63. The molecule has 0 amide bonds. The van der Waals surface area contributed by atoms with Gasteiger partial charge in [0.25, 0.3) is 0 Å². The molecule has 1 rings (SSSR count). The van der Waals surface area contributed by atoms with Gasteiger partial charge in [0.2, 0.25) is 0 Å². The van der Waals surface area contributed by atoms with Crippen molar-refractivity contribution < 1.29 is 32.6 Å². The molecular weight excluding hydrogens is 287 g/mol. The fraction of sp³-hybridized carbons (Fsp3) is 0.500. The van der Waals surface area contributed by atoms with Crippen LogP contribution in [0.1, 0.15) is 32.1 Å². The molecule has 1 N–H and O–H groups in total. The lowest BCUT2D eigenvalue weighted by molar-refractivity contribution is -0.173. The van der Waals surface area contributed by atoms with Gasteiger partial charge in [-0.05, 0) is 0 Å². The molecule has 0 aromatic carbocycles. The smallest absolute Gasteiger partial charge is 0.411 e. The van der Waals surface area contributed by atoms with E-state index in [9.17, 15) is 22.8 Å². The Morgan fingerprint density at radius 3 is 2.47 bits per heavy atom. The molecular formula is C10H10F3NO4S. The van der Waals surface area contributed by atoms with E-state index in [1.165, 1.54) is 6.92 Å². The molecule has 106 valence electrons. The van der Waals surface area contributed by atoms with Crippen molar-refractivity contribution in [1.29, 1.82) is 0 Å². The average Bonchev–Trinajstić information content (AvgIpc) is 2.67. The van der Waals surface area contributed by atoms with Crippen LogP contribution in [0.25, 0.3) is 0 Å². The van der Waals surface area contributed by atoms with Crippen LogP contribution in [0.2, 0.25) is 0 Å². The number of carboxylic acids is 1. The number of hydrogen-bond acceptors (Lipinski definition) is 5. The van der Waals surface area contributed by atoms with Gasteiger partial charge in [-0.1, -0.05) is 0 Å². The highest BCUT2D eigenvalue weighted by Crippen LogP contribution is 2.20. The quantitative estimate of drug-likeness (QED) is 0.643. The zero-order valence-electron chi connectivity index (χ0n) is 9.78. The van der Waals surface area contributed by atoms with Crippen molar-refractivity contribution in [3.05, 3.63) is 15.6 Å². The van der Waals surface area contributed by atoms with Gasteiger partial charge in [0.15, 0.2) is 11.5 Å². The number of halogens is 3. The second-order valence-electron chi connectivity index (χ2n) is 3.56. The molecule has 5 nitrogen and oxygen atoms in total. The van der Waals surface area contributed by atoms with Gasteiger partial charge < -0.3 is 9.84 Å². The number of Topliss-reactive ketones (excluding diaryl/α,β-unsaturated/α-hetero) is 1. The van der Waals surface area contributed by atoms with Crippen molar-refractivity contribution in [2.75, 3.05) is 13.2 Å². The summed E-state index contributed by atoms with van der Waals surface area (Å²) in [4.78, 5) is 25.7. The molecule has 9 heteroatoms. The van der Waals surface area contributed by atoms with Gasteiger partial charge in [-0.15, -0.1) is 11.3 Å². The molecule has 0 radical (unpaired) electrons. The number of aromatic nitrogens is 1. The zero-order valence-corrected chi connectivity index (χ0v) is 10.6. The molecule has 19 heavy (non-hydrogen) atoms. The normalized spacial score (nSPS) is 11.6. The van der Waals surface area contributed by atoms with Crippen LogP contribution in [0.4, 0.5) is 13.2 Å². The van der Waals surface area contributed by atoms with Gasteiger partial charge in [-0.25, -0.2) is 9.78 Å². The number of ether oxygens (including phenoxy) is 1. The zero-order chi connectivity index (χ0) is 14.6. The molecule has 0 unspecified atom stereocenters. The van der Waals surface area contributed by atoms with E-state index in [0.29, 0.717) is 0 Å². The summed E-state index contributed by atoms with van der Waals surface area (Å²) in [5.74, 6) is -1.79. The molecule has 0 aliphatic carbocycles. The van der Waals surface area contributed by atoms with Crippen LogP contribution in [0.3, 0.4) is 0 Å². The van der Waals surface area contributed by atoms with Gasteiger partial charge in [0.1, 0.15) is 11.5 Å². The van der Waals surface area contributed by atoms with Gasteiger partial charge >= 0.3 is 12.1 Å². The SMILES string of the molecule is CC(=O)c1sc(CCOCC(F)(F)F)nc1C(=O)O. The maximum atomic E-state index is 11.8. The van der Waals surface area contributed by atoms with Crippen molar-refractivity contribution in [3.63, 3.8) is 0 Å². The Labute approximate surface area is 110 Å². The van der Waals surface area contributed by atoms with Crippen molar-refractivity contribution in [3.8, 4) is 0 Å². The van der Waals surface area contributed by atoms with Crippen molar-refractivity contribution in [1.82, 2.24) is 4.98 Å². The van der Waals surface area contributed by atoms with E-state index in [1.807, 2.05) is 0 Å². The minimum atomic E-state index is -4.40. The molecule has 0 saturated heterocycles. The van der Waals surface area contributed by atoms with E-state index in [4.69, 9.17) is 5.11 Å². The van der Waals surface area contributed by atoms with Crippen molar-refractivity contribution in [2.24, 2.45) is 0 Å². The molecule has 0 saturated carbocycles. The fourth-order valence-electron chi connectivity index (χ4n) is 1.20. The van der Waals surface area contributed by atoms with E-state index in [1.54, 1.807) is 0 Å². The number of aromatic carboxylic acids is 1.